The minimum absolute atomic E-state index is 0.277. The van der Waals surface area contributed by atoms with Crippen molar-refractivity contribution in [2.24, 2.45) is 0 Å². The van der Waals surface area contributed by atoms with Gasteiger partial charge in [-0.15, -0.1) is 0 Å². The molecule has 1 heterocycles. The van der Waals surface area contributed by atoms with Crippen LogP contribution in [0, 0.1) is 0 Å². The molecule has 0 bridgehead atoms. The Morgan fingerprint density at radius 3 is 2.18 bits per heavy atom. The van der Waals surface area contributed by atoms with Gasteiger partial charge in [0.05, 0.1) is 10.6 Å². The fourth-order valence-electron chi connectivity index (χ4n) is 1.44. The van der Waals surface area contributed by atoms with E-state index in [1.54, 1.807) is 54.9 Å². The molecule has 0 aliphatic heterocycles. The summed E-state index contributed by atoms with van der Waals surface area (Å²) in [5, 5.41) is 0. The number of anilines is 1. The second-order valence-electron chi connectivity index (χ2n) is 3.49. The number of benzene rings is 1. The zero-order valence-electron chi connectivity index (χ0n) is 9.32. The largest absolute Gasteiger partial charge is 0.269 e. The number of hydrogen-bond acceptors (Lipinski definition) is 3. The Bertz CT molecular complexity index is 582. The first kappa shape index (κ1) is 11.6. The molecule has 88 valence electrons. The summed E-state index contributed by atoms with van der Waals surface area (Å²) in [4.78, 5) is 4.14. The van der Waals surface area contributed by atoms with E-state index in [0.717, 1.165) is 0 Å². The smallest absolute Gasteiger partial charge is 0.264 e. The number of sulfonamides is 1. The van der Waals surface area contributed by atoms with Crippen molar-refractivity contribution in [1.29, 1.82) is 0 Å². The molecule has 1 aromatic carbocycles. The zero-order chi connectivity index (χ0) is 12.3. The van der Waals surface area contributed by atoms with Crippen molar-refractivity contribution in [2.75, 3.05) is 11.4 Å². The van der Waals surface area contributed by atoms with Gasteiger partial charge >= 0.3 is 0 Å². The highest BCUT2D eigenvalue weighted by Gasteiger charge is 2.20. The molecule has 4 nitrogen and oxygen atoms in total. The average molecular weight is 248 g/mol. The summed E-state index contributed by atoms with van der Waals surface area (Å²) in [5.41, 5.74) is 0.587. The quantitative estimate of drug-likeness (QED) is 0.833. The molecule has 0 radical (unpaired) electrons. The van der Waals surface area contributed by atoms with Gasteiger partial charge < -0.3 is 0 Å². The van der Waals surface area contributed by atoms with Crippen molar-refractivity contribution >= 4 is 15.7 Å². The molecular weight excluding hydrogens is 236 g/mol. The molecule has 17 heavy (non-hydrogen) atoms. The van der Waals surface area contributed by atoms with Gasteiger partial charge in [0.25, 0.3) is 10.0 Å². The molecule has 0 aliphatic rings. The van der Waals surface area contributed by atoms with Crippen molar-refractivity contribution in [3.05, 3.63) is 54.9 Å². The van der Waals surface area contributed by atoms with Crippen LogP contribution in [0.2, 0.25) is 0 Å². The van der Waals surface area contributed by atoms with Gasteiger partial charge in [-0.3, -0.25) is 9.29 Å². The Labute approximate surface area is 101 Å². The molecule has 0 spiro atoms. The summed E-state index contributed by atoms with van der Waals surface area (Å²) in [6.45, 7) is 0. The van der Waals surface area contributed by atoms with Crippen molar-refractivity contribution in [2.45, 2.75) is 4.90 Å². The van der Waals surface area contributed by atoms with Crippen LogP contribution in [0.25, 0.3) is 0 Å². The number of nitrogens with zero attached hydrogens (tertiary/aromatic N) is 2. The number of hydrogen-bond donors (Lipinski definition) is 0. The highest BCUT2D eigenvalue weighted by Crippen LogP contribution is 2.20. The normalized spacial score (nSPS) is 11.1. The standard InChI is InChI=1S/C12H12N2O2S/c1-14(11-7-9-13-10-8-11)17(15,16)12-5-3-2-4-6-12/h2-10H,1H3. The van der Waals surface area contributed by atoms with Gasteiger partial charge in [0.15, 0.2) is 0 Å². The van der Waals surface area contributed by atoms with E-state index in [-0.39, 0.29) is 4.90 Å². The lowest BCUT2D eigenvalue weighted by molar-refractivity contribution is 0.594. The van der Waals surface area contributed by atoms with Crippen LogP contribution < -0.4 is 4.31 Å². The first-order valence-electron chi connectivity index (χ1n) is 5.06. The second kappa shape index (κ2) is 4.55. The van der Waals surface area contributed by atoms with Gasteiger partial charge in [-0.1, -0.05) is 18.2 Å². The summed E-state index contributed by atoms with van der Waals surface area (Å²) < 4.78 is 25.7. The maximum absolute atomic E-state index is 12.2. The highest BCUT2D eigenvalue weighted by molar-refractivity contribution is 7.92. The average Bonchev–Trinajstić information content (AvgIpc) is 2.40. The molecule has 0 fully saturated rings. The third kappa shape index (κ3) is 2.29. The predicted octanol–water partition coefficient (Wildman–Crippen LogP) is 1.91. The SMILES string of the molecule is CN(c1ccncc1)S(=O)(=O)c1ccccc1. The maximum atomic E-state index is 12.2. The Kier molecular flexibility index (Phi) is 3.10. The molecule has 2 aromatic rings. The van der Waals surface area contributed by atoms with Gasteiger partial charge in [-0.05, 0) is 24.3 Å². The first-order valence-corrected chi connectivity index (χ1v) is 6.50. The summed E-state index contributed by atoms with van der Waals surface area (Å²) in [5.74, 6) is 0. The maximum Gasteiger partial charge on any atom is 0.264 e. The molecule has 0 unspecified atom stereocenters. The minimum Gasteiger partial charge on any atom is -0.269 e. The second-order valence-corrected chi connectivity index (χ2v) is 5.46. The molecule has 5 heteroatoms. The fraction of sp³-hybridized carbons (Fsp3) is 0.0833. The van der Waals surface area contributed by atoms with E-state index >= 15 is 0 Å². The monoisotopic (exact) mass is 248 g/mol. The van der Waals surface area contributed by atoms with Crippen LogP contribution >= 0.6 is 0 Å². The van der Waals surface area contributed by atoms with Crippen molar-refractivity contribution < 1.29 is 8.42 Å². The van der Waals surface area contributed by atoms with E-state index in [9.17, 15) is 8.42 Å². The Hall–Kier alpha value is -1.88. The lowest BCUT2D eigenvalue weighted by Gasteiger charge is -2.19. The topological polar surface area (TPSA) is 50.3 Å². The number of pyridine rings is 1. The third-order valence-electron chi connectivity index (χ3n) is 2.43. The highest BCUT2D eigenvalue weighted by atomic mass is 32.2. The van der Waals surface area contributed by atoms with E-state index in [1.807, 2.05) is 0 Å². The van der Waals surface area contributed by atoms with E-state index < -0.39 is 10.0 Å². The van der Waals surface area contributed by atoms with Crippen molar-refractivity contribution in [3.8, 4) is 0 Å². The third-order valence-corrected chi connectivity index (χ3v) is 4.23. The molecule has 0 atom stereocenters. The first-order chi connectivity index (χ1) is 8.12. The van der Waals surface area contributed by atoms with E-state index in [4.69, 9.17) is 0 Å². The van der Waals surface area contributed by atoms with E-state index in [2.05, 4.69) is 4.98 Å². The van der Waals surface area contributed by atoms with Gasteiger partial charge in [-0.2, -0.15) is 0 Å². The fourth-order valence-corrected chi connectivity index (χ4v) is 2.66. The molecule has 1 aromatic heterocycles. The Morgan fingerprint density at radius 2 is 1.59 bits per heavy atom. The van der Waals surface area contributed by atoms with Gasteiger partial charge in [0, 0.05) is 19.4 Å². The van der Waals surface area contributed by atoms with Crippen LogP contribution in [0.1, 0.15) is 0 Å². The number of rotatable bonds is 3. The Balaban J connectivity index is 2.41. The van der Waals surface area contributed by atoms with E-state index in [0.29, 0.717) is 5.69 Å². The zero-order valence-corrected chi connectivity index (χ0v) is 10.1. The van der Waals surface area contributed by atoms with Crippen LogP contribution in [-0.4, -0.2) is 20.4 Å². The van der Waals surface area contributed by atoms with Crippen LogP contribution in [0.4, 0.5) is 5.69 Å². The molecular formula is C12H12N2O2S. The molecule has 2 rings (SSSR count). The number of aromatic nitrogens is 1. The van der Waals surface area contributed by atoms with Crippen LogP contribution in [0.5, 0.6) is 0 Å². The van der Waals surface area contributed by atoms with Crippen molar-refractivity contribution in [3.63, 3.8) is 0 Å². The molecule has 0 saturated heterocycles. The molecule has 0 saturated carbocycles. The lowest BCUT2D eigenvalue weighted by Crippen LogP contribution is -2.26. The predicted molar refractivity (Wildman–Crippen MR) is 66.3 cm³/mol. The van der Waals surface area contributed by atoms with Crippen molar-refractivity contribution in [1.82, 2.24) is 4.98 Å². The van der Waals surface area contributed by atoms with Crippen LogP contribution in [-0.2, 0) is 10.0 Å². The molecule has 0 N–H and O–H groups in total. The van der Waals surface area contributed by atoms with Crippen LogP contribution in [0.15, 0.2) is 59.8 Å². The van der Waals surface area contributed by atoms with Gasteiger partial charge in [-0.25, -0.2) is 8.42 Å². The minimum atomic E-state index is -3.49. The Morgan fingerprint density at radius 1 is 1.00 bits per heavy atom. The summed E-state index contributed by atoms with van der Waals surface area (Å²) in [6, 6.07) is 11.6. The van der Waals surface area contributed by atoms with Gasteiger partial charge in [0.2, 0.25) is 0 Å². The molecule has 0 amide bonds. The summed E-state index contributed by atoms with van der Waals surface area (Å²) in [7, 11) is -1.96. The summed E-state index contributed by atoms with van der Waals surface area (Å²) >= 11 is 0. The summed E-state index contributed by atoms with van der Waals surface area (Å²) in [6.07, 6.45) is 3.12. The lowest BCUT2D eigenvalue weighted by atomic mass is 10.4. The van der Waals surface area contributed by atoms with Gasteiger partial charge in [0.1, 0.15) is 0 Å². The van der Waals surface area contributed by atoms with Crippen LogP contribution in [0.3, 0.4) is 0 Å². The molecule has 0 aliphatic carbocycles. The van der Waals surface area contributed by atoms with E-state index in [1.165, 1.54) is 11.4 Å².